The minimum Gasteiger partial charge on any atom is -0.450 e. The highest BCUT2D eigenvalue weighted by Gasteiger charge is 2.26. The Morgan fingerprint density at radius 3 is 2.39 bits per heavy atom. The molecule has 0 unspecified atom stereocenters. The number of rotatable bonds is 6. The molecule has 1 aliphatic heterocycles. The van der Waals surface area contributed by atoms with E-state index in [1.807, 2.05) is 12.1 Å². The molecule has 0 bridgehead atoms. The van der Waals surface area contributed by atoms with Crippen LogP contribution in [0.3, 0.4) is 0 Å². The van der Waals surface area contributed by atoms with Gasteiger partial charge in [-0.2, -0.15) is 0 Å². The number of nitrogens with zero attached hydrogens (tertiary/aromatic N) is 1. The van der Waals surface area contributed by atoms with Crippen LogP contribution in [-0.2, 0) is 4.74 Å². The van der Waals surface area contributed by atoms with Crippen molar-refractivity contribution < 1.29 is 19.1 Å². The Kier molecular flexibility index (Phi) is 7.68. The average Bonchev–Trinajstić information content (AvgIpc) is 3.22. The Balaban J connectivity index is 1.56. The van der Waals surface area contributed by atoms with Gasteiger partial charge in [-0.3, -0.25) is 9.59 Å². The van der Waals surface area contributed by atoms with Crippen molar-refractivity contribution in [3.05, 3.63) is 52.4 Å². The Bertz CT molecular complexity index is 915. The van der Waals surface area contributed by atoms with Gasteiger partial charge in [-0.1, -0.05) is 26.0 Å². The van der Waals surface area contributed by atoms with Gasteiger partial charge in [0, 0.05) is 24.7 Å². The number of anilines is 1. The maximum atomic E-state index is 12.8. The predicted molar refractivity (Wildman–Crippen MR) is 122 cm³/mol. The molecule has 3 rings (SSSR count). The van der Waals surface area contributed by atoms with E-state index in [9.17, 15) is 14.4 Å². The maximum absolute atomic E-state index is 12.8. The first kappa shape index (κ1) is 22.8. The van der Waals surface area contributed by atoms with Crippen molar-refractivity contribution in [3.8, 4) is 0 Å². The third-order valence-corrected chi connectivity index (χ3v) is 6.16. The van der Waals surface area contributed by atoms with Gasteiger partial charge in [0.1, 0.15) is 5.00 Å². The lowest BCUT2D eigenvalue weighted by molar-refractivity contribution is 0.0860. The van der Waals surface area contributed by atoms with E-state index in [1.165, 1.54) is 16.9 Å². The van der Waals surface area contributed by atoms with Crippen molar-refractivity contribution in [2.45, 2.75) is 45.6 Å². The summed E-state index contributed by atoms with van der Waals surface area (Å²) >= 11 is 1.32. The first-order valence-electron chi connectivity index (χ1n) is 10.6. The Hall–Kier alpha value is -2.87. The number of ether oxygens (including phenoxy) is 1. The molecule has 0 radical (unpaired) electrons. The van der Waals surface area contributed by atoms with Crippen LogP contribution >= 0.6 is 11.3 Å². The van der Waals surface area contributed by atoms with E-state index in [2.05, 4.69) is 24.5 Å². The normalized spacial score (nSPS) is 14.4. The number of likely N-dealkylation sites (tertiary alicyclic amines) is 1. The first-order chi connectivity index (χ1) is 14.9. The van der Waals surface area contributed by atoms with Gasteiger partial charge in [0.25, 0.3) is 11.8 Å². The van der Waals surface area contributed by atoms with E-state index >= 15 is 0 Å². The molecule has 166 valence electrons. The van der Waals surface area contributed by atoms with Crippen LogP contribution < -0.4 is 10.6 Å². The van der Waals surface area contributed by atoms with E-state index < -0.39 is 0 Å². The third-order valence-electron chi connectivity index (χ3n) is 5.33. The van der Waals surface area contributed by atoms with Crippen LogP contribution in [0.1, 0.15) is 65.8 Å². The number of carbonyl (C=O) groups excluding carboxylic acids is 3. The summed E-state index contributed by atoms with van der Waals surface area (Å²) in [6.07, 6.45) is 1.02. The molecule has 3 amide bonds. The monoisotopic (exact) mass is 443 g/mol. The molecular weight excluding hydrogens is 414 g/mol. The summed E-state index contributed by atoms with van der Waals surface area (Å²) in [7, 11) is 0. The van der Waals surface area contributed by atoms with Gasteiger partial charge in [-0.25, -0.2) is 4.79 Å². The van der Waals surface area contributed by atoms with Crippen molar-refractivity contribution in [1.29, 1.82) is 0 Å². The number of hydrogen-bond acceptors (Lipinski definition) is 5. The van der Waals surface area contributed by atoms with Crippen LogP contribution in [-0.4, -0.2) is 48.5 Å². The van der Waals surface area contributed by atoms with Gasteiger partial charge in [0.15, 0.2) is 0 Å². The lowest BCUT2D eigenvalue weighted by Gasteiger charge is -2.31. The number of carbonyl (C=O) groups is 3. The number of benzene rings is 1. The molecular formula is C23H29N3O4S. The summed E-state index contributed by atoms with van der Waals surface area (Å²) < 4.78 is 5.02. The molecule has 8 heteroatoms. The van der Waals surface area contributed by atoms with Crippen LogP contribution in [0.4, 0.5) is 9.80 Å². The molecule has 1 fully saturated rings. The molecule has 1 aliphatic rings. The summed E-state index contributed by atoms with van der Waals surface area (Å²) in [6.45, 7) is 7.43. The highest BCUT2D eigenvalue weighted by Crippen LogP contribution is 2.25. The largest absolute Gasteiger partial charge is 0.450 e. The van der Waals surface area contributed by atoms with Gasteiger partial charge in [0.05, 0.1) is 12.2 Å². The summed E-state index contributed by atoms with van der Waals surface area (Å²) in [4.78, 5) is 38.9. The molecule has 7 nitrogen and oxygen atoms in total. The van der Waals surface area contributed by atoms with E-state index in [-0.39, 0.29) is 23.9 Å². The van der Waals surface area contributed by atoms with Gasteiger partial charge in [0.2, 0.25) is 0 Å². The van der Waals surface area contributed by atoms with Crippen molar-refractivity contribution in [2.75, 3.05) is 25.0 Å². The zero-order chi connectivity index (χ0) is 22.4. The number of nitrogens with one attached hydrogen (secondary N) is 2. The molecule has 0 atom stereocenters. The number of hydrogen-bond donors (Lipinski definition) is 2. The number of thiophene rings is 1. The van der Waals surface area contributed by atoms with Crippen LogP contribution in [0.15, 0.2) is 35.7 Å². The van der Waals surface area contributed by atoms with Crippen LogP contribution in [0.2, 0.25) is 0 Å². The minimum atomic E-state index is -0.309. The highest BCUT2D eigenvalue weighted by molar-refractivity contribution is 7.14. The lowest BCUT2D eigenvalue weighted by atomic mass is 10.0. The minimum absolute atomic E-state index is 0.0230. The second kappa shape index (κ2) is 10.4. The molecule has 2 N–H and O–H groups in total. The van der Waals surface area contributed by atoms with Crippen molar-refractivity contribution >= 4 is 34.2 Å². The van der Waals surface area contributed by atoms with E-state index in [1.54, 1.807) is 35.4 Å². The SMILES string of the molecule is CCOC(=O)N1CCC(NC(=O)c2ccsc2NC(=O)c2ccc(C(C)C)cc2)CC1. The molecule has 0 saturated carbocycles. The molecule has 31 heavy (non-hydrogen) atoms. The van der Waals surface area contributed by atoms with E-state index in [0.29, 0.717) is 54.6 Å². The lowest BCUT2D eigenvalue weighted by Crippen LogP contribution is -2.46. The fraction of sp³-hybridized carbons (Fsp3) is 0.435. The molecule has 0 aliphatic carbocycles. The van der Waals surface area contributed by atoms with Gasteiger partial charge >= 0.3 is 6.09 Å². The first-order valence-corrected chi connectivity index (χ1v) is 11.5. The van der Waals surface area contributed by atoms with Crippen LogP contribution in [0, 0.1) is 0 Å². The van der Waals surface area contributed by atoms with Crippen LogP contribution in [0.25, 0.3) is 0 Å². The van der Waals surface area contributed by atoms with Crippen molar-refractivity contribution in [3.63, 3.8) is 0 Å². The summed E-state index contributed by atoms with van der Waals surface area (Å²) in [5.74, 6) is -0.0651. The summed E-state index contributed by atoms with van der Waals surface area (Å²) in [5.41, 5.74) is 2.17. The zero-order valence-corrected chi connectivity index (χ0v) is 19.0. The van der Waals surface area contributed by atoms with Gasteiger partial charge in [-0.05, 0) is 54.8 Å². The third kappa shape index (κ3) is 5.85. The summed E-state index contributed by atoms with van der Waals surface area (Å²) in [6, 6.07) is 9.19. The van der Waals surface area contributed by atoms with E-state index in [0.717, 1.165) is 0 Å². The zero-order valence-electron chi connectivity index (χ0n) is 18.1. The van der Waals surface area contributed by atoms with Crippen molar-refractivity contribution in [1.82, 2.24) is 10.2 Å². The maximum Gasteiger partial charge on any atom is 0.409 e. The molecule has 2 aromatic rings. The Morgan fingerprint density at radius 2 is 1.77 bits per heavy atom. The Labute approximate surface area is 186 Å². The fourth-order valence-electron chi connectivity index (χ4n) is 3.46. The molecule has 1 aromatic carbocycles. The van der Waals surface area contributed by atoms with Gasteiger partial charge in [-0.15, -0.1) is 11.3 Å². The smallest absolute Gasteiger partial charge is 0.409 e. The van der Waals surface area contributed by atoms with Crippen molar-refractivity contribution in [2.24, 2.45) is 0 Å². The Morgan fingerprint density at radius 1 is 1.10 bits per heavy atom. The average molecular weight is 444 g/mol. The number of amides is 3. The standard InChI is InChI=1S/C23H29N3O4S/c1-4-30-23(29)26-12-9-18(10-13-26)24-21(28)19-11-14-31-22(19)25-20(27)17-7-5-16(6-8-17)15(2)3/h5-8,11,14-15,18H,4,9-10,12-13H2,1-3H3,(H,24,28)(H,25,27). The summed E-state index contributed by atoms with van der Waals surface area (Å²) in [5, 5.41) is 8.20. The second-order valence-electron chi connectivity index (χ2n) is 7.83. The predicted octanol–water partition coefficient (Wildman–Crippen LogP) is 4.47. The molecule has 2 heterocycles. The highest BCUT2D eigenvalue weighted by atomic mass is 32.1. The fourth-order valence-corrected chi connectivity index (χ4v) is 4.24. The molecule has 0 spiro atoms. The van der Waals surface area contributed by atoms with Gasteiger partial charge < -0.3 is 20.3 Å². The molecule has 1 saturated heterocycles. The number of piperidine rings is 1. The second-order valence-corrected chi connectivity index (χ2v) is 8.74. The quantitative estimate of drug-likeness (QED) is 0.689. The van der Waals surface area contributed by atoms with E-state index in [4.69, 9.17) is 4.74 Å². The topological polar surface area (TPSA) is 87.7 Å². The van der Waals surface area contributed by atoms with Crippen LogP contribution in [0.5, 0.6) is 0 Å². The molecule has 1 aromatic heterocycles.